The van der Waals surface area contributed by atoms with Crippen molar-refractivity contribution < 1.29 is 9.59 Å². The predicted molar refractivity (Wildman–Crippen MR) is 109 cm³/mol. The highest BCUT2D eigenvalue weighted by molar-refractivity contribution is 7.13. The van der Waals surface area contributed by atoms with E-state index in [0.717, 1.165) is 36.3 Å². The molecule has 1 aromatic carbocycles. The summed E-state index contributed by atoms with van der Waals surface area (Å²) in [4.78, 5) is 31.7. The monoisotopic (exact) mass is 402 g/mol. The lowest BCUT2D eigenvalue weighted by molar-refractivity contribution is 0.0399. The topological polar surface area (TPSA) is 50.3 Å². The van der Waals surface area contributed by atoms with Crippen LogP contribution in [0.15, 0.2) is 29.6 Å². The maximum Gasteiger partial charge on any atom is 0.273 e. The van der Waals surface area contributed by atoms with Gasteiger partial charge in [0.15, 0.2) is 5.78 Å². The van der Waals surface area contributed by atoms with E-state index in [1.54, 1.807) is 13.0 Å². The molecule has 0 radical (unpaired) electrons. The first-order valence-corrected chi connectivity index (χ1v) is 10.9. The number of ketones is 1. The van der Waals surface area contributed by atoms with Gasteiger partial charge in [-0.05, 0) is 32.1 Å². The molecule has 2 aromatic rings. The molecule has 1 aromatic heterocycles. The van der Waals surface area contributed by atoms with Gasteiger partial charge >= 0.3 is 0 Å². The first kappa shape index (κ1) is 18.6. The van der Waals surface area contributed by atoms with E-state index in [9.17, 15) is 9.59 Å². The number of rotatable bonds is 3. The third kappa shape index (κ3) is 3.55. The number of piperidine rings is 1. The molecular weight excluding hydrogens is 380 g/mol. The average Bonchev–Trinajstić information content (AvgIpc) is 3.18. The van der Waals surface area contributed by atoms with Crippen LogP contribution in [0.3, 0.4) is 0 Å². The number of carbonyl (C=O) groups excluding carboxylic acids is 2. The number of halogens is 1. The van der Waals surface area contributed by atoms with E-state index in [2.05, 4.69) is 4.98 Å². The lowest BCUT2D eigenvalue weighted by atomic mass is 9.78. The summed E-state index contributed by atoms with van der Waals surface area (Å²) in [6, 6.07) is 7.66. The number of hydrogen-bond donors (Lipinski definition) is 0. The Balaban J connectivity index is 1.60. The standard InChI is InChI=1S/C21H23ClN2O2S/c1-13(25)14-6-2-3-7-15(14)20-23-18(12-27-20)21(26)24-11-10-17(22)16-8-4-5-9-19(16)24/h2-3,6-7,12,16-17,19H,4-5,8-11H2,1H3. The van der Waals surface area contributed by atoms with Gasteiger partial charge < -0.3 is 4.90 Å². The molecule has 1 aliphatic heterocycles. The molecule has 1 amide bonds. The van der Waals surface area contributed by atoms with Crippen molar-refractivity contribution in [3.8, 4) is 10.6 Å². The third-order valence-electron chi connectivity index (χ3n) is 5.81. The lowest BCUT2D eigenvalue weighted by Gasteiger charge is -2.46. The molecule has 27 heavy (non-hydrogen) atoms. The average molecular weight is 403 g/mol. The molecule has 4 rings (SSSR count). The third-order valence-corrected chi connectivity index (χ3v) is 7.23. The first-order valence-electron chi connectivity index (χ1n) is 9.57. The highest BCUT2D eigenvalue weighted by Gasteiger charge is 2.41. The highest BCUT2D eigenvalue weighted by Crippen LogP contribution is 2.39. The summed E-state index contributed by atoms with van der Waals surface area (Å²) in [5.74, 6) is 0.399. The normalized spacial score (nSPS) is 25.1. The molecule has 3 atom stereocenters. The Morgan fingerprint density at radius 3 is 2.78 bits per heavy atom. The van der Waals surface area contributed by atoms with Crippen LogP contribution in [0.4, 0.5) is 0 Å². The summed E-state index contributed by atoms with van der Waals surface area (Å²) in [5.41, 5.74) is 1.91. The number of fused-ring (bicyclic) bond motifs is 1. The minimum Gasteiger partial charge on any atom is -0.334 e. The van der Waals surface area contributed by atoms with E-state index in [-0.39, 0.29) is 23.1 Å². The van der Waals surface area contributed by atoms with Crippen LogP contribution in [-0.4, -0.2) is 39.5 Å². The molecule has 2 fully saturated rings. The van der Waals surface area contributed by atoms with Crippen LogP contribution in [-0.2, 0) is 0 Å². The van der Waals surface area contributed by atoms with Gasteiger partial charge in [-0.3, -0.25) is 9.59 Å². The largest absolute Gasteiger partial charge is 0.334 e. The van der Waals surface area contributed by atoms with Gasteiger partial charge in [0.1, 0.15) is 10.7 Å². The molecule has 0 N–H and O–H groups in total. The fraction of sp³-hybridized carbons (Fsp3) is 0.476. The summed E-state index contributed by atoms with van der Waals surface area (Å²) in [5, 5.41) is 2.71. The lowest BCUT2D eigenvalue weighted by Crippen LogP contribution is -2.53. The van der Waals surface area contributed by atoms with Gasteiger partial charge in [0, 0.05) is 34.5 Å². The van der Waals surface area contributed by atoms with Crippen molar-refractivity contribution in [1.29, 1.82) is 0 Å². The van der Waals surface area contributed by atoms with Crippen LogP contribution in [0.5, 0.6) is 0 Å². The van der Waals surface area contributed by atoms with Gasteiger partial charge in [-0.15, -0.1) is 22.9 Å². The Kier molecular flexibility index (Phi) is 5.33. The van der Waals surface area contributed by atoms with Crippen molar-refractivity contribution in [2.45, 2.75) is 50.4 Å². The fourth-order valence-electron chi connectivity index (χ4n) is 4.46. The molecule has 1 saturated carbocycles. The zero-order chi connectivity index (χ0) is 19.0. The summed E-state index contributed by atoms with van der Waals surface area (Å²) in [6.07, 6.45) is 5.34. The second kappa shape index (κ2) is 7.72. The smallest absolute Gasteiger partial charge is 0.273 e. The summed E-state index contributed by atoms with van der Waals surface area (Å²) in [7, 11) is 0. The zero-order valence-electron chi connectivity index (χ0n) is 15.4. The van der Waals surface area contributed by atoms with Gasteiger partial charge in [-0.1, -0.05) is 37.1 Å². The molecule has 6 heteroatoms. The molecule has 4 nitrogen and oxygen atoms in total. The molecule has 0 spiro atoms. The van der Waals surface area contributed by atoms with Gasteiger partial charge in [-0.25, -0.2) is 4.98 Å². The molecule has 3 unspecified atom stereocenters. The van der Waals surface area contributed by atoms with Crippen LogP contribution < -0.4 is 0 Å². The molecule has 1 aliphatic carbocycles. The SMILES string of the molecule is CC(=O)c1ccccc1-c1nc(C(=O)N2CCC(Cl)C3CCCCC32)cs1. The molecule has 0 bridgehead atoms. The highest BCUT2D eigenvalue weighted by atomic mass is 35.5. The van der Waals surface area contributed by atoms with Crippen molar-refractivity contribution >= 4 is 34.6 Å². The number of benzene rings is 1. The van der Waals surface area contributed by atoms with Crippen LogP contribution in [0.1, 0.15) is 59.9 Å². The molecule has 142 valence electrons. The van der Waals surface area contributed by atoms with Gasteiger partial charge in [-0.2, -0.15) is 0 Å². The Labute approximate surface area is 168 Å². The number of alkyl halides is 1. The van der Waals surface area contributed by atoms with Crippen LogP contribution in [0.2, 0.25) is 0 Å². The Morgan fingerprint density at radius 2 is 1.96 bits per heavy atom. The van der Waals surface area contributed by atoms with Crippen LogP contribution in [0.25, 0.3) is 10.6 Å². The van der Waals surface area contributed by atoms with E-state index < -0.39 is 0 Å². The predicted octanol–water partition coefficient (Wildman–Crippen LogP) is 5.02. The number of hydrogen-bond acceptors (Lipinski definition) is 4. The number of carbonyl (C=O) groups is 2. The van der Waals surface area contributed by atoms with E-state index in [1.165, 1.54) is 17.8 Å². The Bertz CT molecular complexity index is 865. The first-order chi connectivity index (χ1) is 13.1. The molecular formula is C21H23ClN2O2S. The van der Waals surface area contributed by atoms with Crippen molar-refractivity contribution in [2.75, 3.05) is 6.54 Å². The number of Topliss-reactive ketones (excluding diaryl/α,β-unsaturated/α-hetero) is 1. The number of likely N-dealkylation sites (tertiary alicyclic amines) is 1. The number of aromatic nitrogens is 1. The Morgan fingerprint density at radius 1 is 1.19 bits per heavy atom. The van der Waals surface area contributed by atoms with Crippen molar-refractivity contribution in [1.82, 2.24) is 9.88 Å². The van der Waals surface area contributed by atoms with Crippen LogP contribution in [0, 0.1) is 5.92 Å². The van der Waals surface area contributed by atoms with E-state index >= 15 is 0 Å². The molecule has 1 saturated heterocycles. The number of thiazole rings is 1. The van der Waals surface area contributed by atoms with Gasteiger partial charge in [0.05, 0.1) is 0 Å². The second-order valence-electron chi connectivity index (χ2n) is 7.46. The summed E-state index contributed by atoms with van der Waals surface area (Å²) in [6.45, 7) is 2.25. The molecule has 2 heterocycles. The number of amides is 1. The fourth-order valence-corrected chi connectivity index (χ4v) is 5.69. The Hall–Kier alpha value is -1.72. The van der Waals surface area contributed by atoms with E-state index in [0.29, 0.717) is 23.7 Å². The van der Waals surface area contributed by atoms with E-state index in [1.807, 2.05) is 28.5 Å². The van der Waals surface area contributed by atoms with Gasteiger partial charge in [0.2, 0.25) is 0 Å². The zero-order valence-corrected chi connectivity index (χ0v) is 16.9. The number of nitrogens with zero attached hydrogens (tertiary/aromatic N) is 2. The van der Waals surface area contributed by atoms with Crippen molar-refractivity contribution in [2.24, 2.45) is 5.92 Å². The minimum atomic E-state index is -0.00160. The quantitative estimate of drug-likeness (QED) is 0.534. The molecule has 2 aliphatic rings. The maximum atomic E-state index is 13.2. The maximum absolute atomic E-state index is 13.2. The van der Waals surface area contributed by atoms with Gasteiger partial charge in [0.25, 0.3) is 5.91 Å². The second-order valence-corrected chi connectivity index (χ2v) is 8.88. The van der Waals surface area contributed by atoms with E-state index in [4.69, 9.17) is 11.6 Å². The summed E-state index contributed by atoms with van der Waals surface area (Å²) < 4.78 is 0. The minimum absolute atomic E-state index is 0.00160. The van der Waals surface area contributed by atoms with Crippen molar-refractivity contribution in [3.63, 3.8) is 0 Å². The van der Waals surface area contributed by atoms with Crippen molar-refractivity contribution in [3.05, 3.63) is 40.9 Å². The van der Waals surface area contributed by atoms with Crippen LogP contribution >= 0.6 is 22.9 Å². The summed E-state index contributed by atoms with van der Waals surface area (Å²) >= 11 is 7.97.